The molecule has 0 aliphatic heterocycles. The highest BCUT2D eigenvalue weighted by molar-refractivity contribution is 7.18. The first kappa shape index (κ1) is 15.4. The summed E-state index contributed by atoms with van der Waals surface area (Å²) in [6.45, 7) is 0.724. The topological polar surface area (TPSA) is 98.5 Å². The van der Waals surface area contributed by atoms with Crippen LogP contribution >= 0.6 is 22.9 Å². The van der Waals surface area contributed by atoms with Gasteiger partial charge >= 0.3 is 0 Å². The van der Waals surface area contributed by atoms with Crippen molar-refractivity contribution in [1.82, 2.24) is 9.97 Å². The number of nitrogens with zero attached hydrogens (tertiary/aromatic N) is 2. The van der Waals surface area contributed by atoms with Crippen molar-refractivity contribution in [2.45, 2.75) is 18.9 Å². The van der Waals surface area contributed by atoms with Crippen molar-refractivity contribution >= 4 is 39.0 Å². The van der Waals surface area contributed by atoms with E-state index < -0.39 is 25.4 Å². The van der Waals surface area contributed by atoms with Crippen molar-refractivity contribution in [2.24, 2.45) is 0 Å². The number of anilines is 1. The Balaban J connectivity index is 2.49. The van der Waals surface area contributed by atoms with Gasteiger partial charge in [-0.15, -0.1) is 11.3 Å². The minimum Gasteiger partial charge on any atom is -0.394 e. The predicted octanol–water partition coefficient (Wildman–Crippen LogP) is 1.03. The molecule has 0 aromatic carbocycles. The number of aryl methyl sites for hydroxylation is 1. The molecule has 6 nitrogen and oxygen atoms in total. The number of aromatic nitrogens is 2. The molecular formula is C12H16ClN3O3S. The zero-order chi connectivity index (χ0) is 14.8. The molecule has 110 valence electrons. The van der Waals surface area contributed by atoms with Crippen LogP contribution in [0.4, 0.5) is 5.82 Å². The molecule has 0 aliphatic carbocycles. The number of nitrogens with one attached hydrogen (secondary N) is 1. The van der Waals surface area contributed by atoms with E-state index in [1.54, 1.807) is 0 Å². The van der Waals surface area contributed by atoms with Gasteiger partial charge in [0, 0.05) is 4.88 Å². The van der Waals surface area contributed by atoms with E-state index in [9.17, 15) is 15.3 Å². The SMILES string of the molecule is CCc1cc2c(NC(CO)(CO)CO)nc(Cl)nc2s1. The van der Waals surface area contributed by atoms with Gasteiger partial charge in [0.2, 0.25) is 5.28 Å². The van der Waals surface area contributed by atoms with Crippen molar-refractivity contribution in [3.8, 4) is 0 Å². The lowest BCUT2D eigenvalue weighted by Crippen LogP contribution is -2.49. The molecule has 20 heavy (non-hydrogen) atoms. The molecule has 2 aromatic heterocycles. The zero-order valence-electron chi connectivity index (χ0n) is 10.9. The molecule has 0 amide bonds. The number of aliphatic hydroxyl groups is 3. The van der Waals surface area contributed by atoms with Crippen molar-refractivity contribution in [2.75, 3.05) is 25.1 Å². The summed E-state index contributed by atoms with van der Waals surface area (Å²) in [6, 6.07) is 1.94. The Labute approximate surface area is 125 Å². The quantitative estimate of drug-likeness (QED) is 0.594. The van der Waals surface area contributed by atoms with Crippen molar-refractivity contribution in [3.63, 3.8) is 0 Å². The van der Waals surface area contributed by atoms with Crippen LogP contribution in [0.15, 0.2) is 6.07 Å². The second kappa shape index (κ2) is 6.19. The molecule has 0 spiro atoms. The third kappa shape index (κ3) is 2.87. The van der Waals surface area contributed by atoms with E-state index in [0.717, 1.165) is 21.5 Å². The second-order valence-electron chi connectivity index (χ2n) is 4.51. The summed E-state index contributed by atoms with van der Waals surface area (Å²) < 4.78 is 0. The van der Waals surface area contributed by atoms with E-state index in [2.05, 4.69) is 15.3 Å². The van der Waals surface area contributed by atoms with Gasteiger partial charge in [-0.25, -0.2) is 9.97 Å². The van der Waals surface area contributed by atoms with Crippen LogP contribution in [0, 0.1) is 0 Å². The molecule has 0 fully saturated rings. The van der Waals surface area contributed by atoms with Gasteiger partial charge in [0.1, 0.15) is 16.2 Å². The lowest BCUT2D eigenvalue weighted by atomic mass is 10.0. The van der Waals surface area contributed by atoms with Crippen LogP contribution in [0.1, 0.15) is 11.8 Å². The molecule has 0 atom stereocenters. The largest absolute Gasteiger partial charge is 0.394 e. The zero-order valence-corrected chi connectivity index (χ0v) is 12.5. The van der Waals surface area contributed by atoms with Gasteiger partial charge in [-0.2, -0.15) is 0 Å². The smallest absolute Gasteiger partial charge is 0.225 e. The summed E-state index contributed by atoms with van der Waals surface area (Å²) in [5.74, 6) is 0.396. The number of fused-ring (bicyclic) bond motifs is 1. The van der Waals surface area contributed by atoms with Crippen molar-refractivity contribution in [1.29, 1.82) is 0 Å². The lowest BCUT2D eigenvalue weighted by Gasteiger charge is -2.29. The summed E-state index contributed by atoms with van der Waals surface area (Å²) in [6.07, 6.45) is 0.864. The molecule has 8 heteroatoms. The highest BCUT2D eigenvalue weighted by Gasteiger charge is 2.29. The maximum absolute atomic E-state index is 9.37. The van der Waals surface area contributed by atoms with Crippen LogP contribution in [-0.2, 0) is 6.42 Å². The van der Waals surface area contributed by atoms with Crippen LogP contribution in [0.3, 0.4) is 0 Å². The second-order valence-corrected chi connectivity index (χ2v) is 5.96. The molecule has 2 aromatic rings. The first-order chi connectivity index (χ1) is 9.57. The Kier molecular flexibility index (Phi) is 4.77. The Bertz CT molecular complexity index is 593. The molecule has 0 radical (unpaired) electrons. The maximum atomic E-state index is 9.37. The number of thiophene rings is 1. The Hall–Kier alpha value is -0.990. The van der Waals surface area contributed by atoms with Crippen molar-refractivity contribution < 1.29 is 15.3 Å². The third-order valence-electron chi connectivity index (χ3n) is 3.06. The minimum absolute atomic E-state index is 0.0761. The Morgan fingerprint density at radius 2 is 1.90 bits per heavy atom. The standard InChI is InChI=1S/C12H16ClN3O3S/c1-2-7-3-8-9(14-11(13)15-10(8)20-7)16-12(4-17,5-18)6-19/h3,17-19H,2,4-6H2,1H3,(H,14,15,16). The summed E-state index contributed by atoms with van der Waals surface area (Å²) >= 11 is 7.40. The number of hydrogen-bond acceptors (Lipinski definition) is 7. The van der Waals surface area contributed by atoms with Gasteiger partial charge in [-0.05, 0) is 24.1 Å². The molecule has 0 saturated carbocycles. The average Bonchev–Trinajstić information content (AvgIpc) is 2.88. The molecule has 0 bridgehead atoms. The molecule has 4 N–H and O–H groups in total. The normalized spacial score (nSPS) is 12.1. The van der Waals surface area contributed by atoms with Crippen LogP contribution in [-0.4, -0.2) is 50.6 Å². The van der Waals surface area contributed by atoms with Crippen molar-refractivity contribution in [3.05, 3.63) is 16.2 Å². The summed E-state index contributed by atoms with van der Waals surface area (Å²) in [4.78, 5) is 10.1. The van der Waals surface area contributed by atoms with Crippen LogP contribution < -0.4 is 5.32 Å². The molecule has 0 unspecified atom stereocenters. The van der Waals surface area contributed by atoms with Crippen LogP contribution in [0.2, 0.25) is 5.28 Å². The van der Waals surface area contributed by atoms with E-state index in [-0.39, 0.29) is 5.28 Å². The van der Waals surface area contributed by atoms with Crippen LogP contribution in [0.5, 0.6) is 0 Å². The van der Waals surface area contributed by atoms with Gasteiger partial charge in [0.15, 0.2) is 0 Å². The number of hydrogen-bond donors (Lipinski definition) is 4. The summed E-state index contributed by atoms with van der Waals surface area (Å²) in [7, 11) is 0. The van der Waals surface area contributed by atoms with Gasteiger partial charge in [0.25, 0.3) is 0 Å². The fourth-order valence-electron chi connectivity index (χ4n) is 1.73. The predicted molar refractivity (Wildman–Crippen MR) is 79.4 cm³/mol. The molecule has 2 rings (SSSR count). The van der Waals surface area contributed by atoms with E-state index in [4.69, 9.17) is 11.6 Å². The van der Waals surface area contributed by atoms with Gasteiger partial charge < -0.3 is 20.6 Å². The number of halogens is 1. The molecular weight excluding hydrogens is 302 g/mol. The van der Waals surface area contributed by atoms with Gasteiger partial charge in [-0.3, -0.25) is 0 Å². The Morgan fingerprint density at radius 3 is 2.45 bits per heavy atom. The third-order valence-corrected chi connectivity index (χ3v) is 4.40. The van der Waals surface area contributed by atoms with Gasteiger partial charge in [-0.1, -0.05) is 6.92 Å². The lowest BCUT2D eigenvalue weighted by molar-refractivity contribution is 0.0832. The minimum atomic E-state index is -1.25. The fourth-order valence-corrected chi connectivity index (χ4v) is 2.92. The first-order valence-corrected chi connectivity index (χ1v) is 7.33. The van der Waals surface area contributed by atoms with Gasteiger partial charge in [0.05, 0.1) is 25.2 Å². The Morgan fingerprint density at radius 1 is 1.25 bits per heavy atom. The monoisotopic (exact) mass is 317 g/mol. The molecule has 2 heterocycles. The van der Waals surface area contributed by atoms with E-state index in [1.165, 1.54) is 11.3 Å². The highest BCUT2D eigenvalue weighted by Crippen LogP contribution is 2.31. The number of aliphatic hydroxyl groups excluding tert-OH is 3. The number of rotatable bonds is 6. The highest BCUT2D eigenvalue weighted by atomic mass is 35.5. The average molecular weight is 318 g/mol. The van der Waals surface area contributed by atoms with E-state index in [1.807, 2.05) is 13.0 Å². The van der Waals surface area contributed by atoms with Crippen LogP contribution in [0.25, 0.3) is 10.2 Å². The molecule has 0 saturated heterocycles. The fraction of sp³-hybridized carbons (Fsp3) is 0.500. The maximum Gasteiger partial charge on any atom is 0.225 e. The van der Waals surface area contributed by atoms with E-state index >= 15 is 0 Å². The van der Waals surface area contributed by atoms with E-state index in [0.29, 0.717) is 5.82 Å². The summed E-state index contributed by atoms with van der Waals surface area (Å²) in [5.41, 5.74) is -1.25. The first-order valence-electron chi connectivity index (χ1n) is 6.14. The summed E-state index contributed by atoms with van der Waals surface area (Å²) in [5, 5.41) is 31.8. The molecule has 0 aliphatic rings.